The summed E-state index contributed by atoms with van der Waals surface area (Å²) in [7, 11) is 0. The van der Waals surface area contributed by atoms with Gasteiger partial charge in [-0.1, -0.05) is 39.0 Å². The fourth-order valence-electron chi connectivity index (χ4n) is 5.10. The fraction of sp³-hybridized carbons (Fsp3) is 0.517. The van der Waals surface area contributed by atoms with Crippen LogP contribution >= 0.6 is 0 Å². The van der Waals surface area contributed by atoms with Crippen molar-refractivity contribution < 1.29 is 9.59 Å². The summed E-state index contributed by atoms with van der Waals surface area (Å²) >= 11 is 0. The number of nitrogens with zero attached hydrogens (tertiary/aromatic N) is 3. The number of carbonyl (C=O) groups is 2. The average molecular weight is 477 g/mol. The van der Waals surface area contributed by atoms with Crippen molar-refractivity contribution in [1.29, 1.82) is 0 Å². The molecule has 2 heterocycles. The van der Waals surface area contributed by atoms with E-state index in [1.54, 1.807) is 0 Å². The first-order chi connectivity index (χ1) is 17.0. The number of anilines is 1. The third kappa shape index (κ3) is 6.30. The van der Waals surface area contributed by atoms with Gasteiger partial charge >= 0.3 is 0 Å². The highest BCUT2D eigenvalue weighted by Crippen LogP contribution is 2.33. The topological polar surface area (TPSA) is 55.9 Å². The minimum absolute atomic E-state index is 0.000550. The second kappa shape index (κ2) is 11.8. The SMILES string of the molecule is CCCN1CCN(CCCNC(=O)c2ccc(-c3ccc4c(c3)CCN4C(=O)C(C)C)cc2)CC1. The van der Waals surface area contributed by atoms with Crippen molar-refractivity contribution >= 4 is 17.5 Å². The molecule has 2 aliphatic rings. The number of rotatable bonds is 9. The summed E-state index contributed by atoms with van der Waals surface area (Å²) < 4.78 is 0. The predicted octanol–water partition coefficient (Wildman–Crippen LogP) is 4.05. The van der Waals surface area contributed by atoms with E-state index in [1.165, 1.54) is 18.5 Å². The molecule has 2 aromatic carbocycles. The van der Waals surface area contributed by atoms with E-state index in [2.05, 4.69) is 40.2 Å². The average Bonchev–Trinajstić information content (AvgIpc) is 3.30. The lowest BCUT2D eigenvalue weighted by Gasteiger charge is -2.34. The maximum absolute atomic E-state index is 12.6. The summed E-state index contributed by atoms with van der Waals surface area (Å²) in [4.78, 5) is 32.0. The van der Waals surface area contributed by atoms with E-state index in [4.69, 9.17) is 0 Å². The number of fused-ring (bicyclic) bond motifs is 1. The van der Waals surface area contributed by atoms with Crippen molar-refractivity contribution in [2.24, 2.45) is 5.92 Å². The highest BCUT2D eigenvalue weighted by Gasteiger charge is 2.26. The first-order valence-corrected chi connectivity index (χ1v) is 13.2. The molecule has 1 N–H and O–H groups in total. The summed E-state index contributed by atoms with van der Waals surface area (Å²) in [6, 6.07) is 14.1. The molecule has 2 aromatic rings. The van der Waals surface area contributed by atoms with Gasteiger partial charge in [-0.05, 0) is 73.3 Å². The Kier molecular flexibility index (Phi) is 8.58. The van der Waals surface area contributed by atoms with Gasteiger partial charge in [-0.3, -0.25) is 9.59 Å². The molecule has 0 saturated carbocycles. The summed E-state index contributed by atoms with van der Waals surface area (Å²) in [5, 5.41) is 3.07. The van der Waals surface area contributed by atoms with Crippen LogP contribution in [0, 0.1) is 5.92 Å². The lowest BCUT2D eigenvalue weighted by molar-refractivity contribution is -0.121. The minimum atomic E-state index is -0.0129. The van der Waals surface area contributed by atoms with Crippen molar-refractivity contribution in [3.63, 3.8) is 0 Å². The van der Waals surface area contributed by atoms with Crippen molar-refractivity contribution in [2.45, 2.75) is 40.0 Å². The number of amides is 2. The molecule has 4 rings (SSSR count). The number of nitrogens with one attached hydrogen (secondary N) is 1. The van der Waals surface area contributed by atoms with Crippen LogP contribution in [0.1, 0.15) is 49.5 Å². The Labute approximate surface area is 210 Å². The zero-order valence-corrected chi connectivity index (χ0v) is 21.6. The first kappa shape index (κ1) is 25.4. The standard InChI is InChI=1S/C29H40N4O2/c1-4-14-31-17-19-32(20-18-31)15-5-13-30-28(34)24-8-6-23(7-9-24)25-10-11-27-26(21-25)12-16-33(27)29(35)22(2)3/h6-11,21-22H,4-5,12-20H2,1-3H3,(H,30,34). The van der Waals surface area contributed by atoms with Gasteiger partial charge in [-0.25, -0.2) is 0 Å². The molecule has 0 bridgehead atoms. The largest absolute Gasteiger partial charge is 0.352 e. The van der Waals surface area contributed by atoms with Crippen LogP contribution in [0.15, 0.2) is 42.5 Å². The Hall–Kier alpha value is -2.70. The smallest absolute Gasteiger partial charge is 0.251 e. The minimum Gasteiger partial charge on any atom is -0.352 e. The predicted molar refractivity (Wildman–Crippen MR) is 143 cm³/mol. The van der Waals surface area contributed by atoms with Crippen LogP contribution < -0.4 is 10.2 Å². The van der Waals surface area contributed by atoms with Crippen LogP contribution in [-0.2, 0) is 11.2 Å². The molecule has 188 valence electrons. The second-order valence-electron chi connectivity index (χ2n) is 10.1. The molecule has 0 unspecified atom stereocenters. The number of hydrogen-bond acceptors (Lipinski definition) is 4. The van der Waals surface area contributed by atoms with E-state index in [9.17, 15) is 9.59 Å². The summed E-state index contributed by atoms with van der Waals surface area (Å²) in [5.41, 5.74) is 5.14. The Bertz CT molecular complexity index is 1010. The van der Waals surface area contributed by atoms with Gasteiger partial charge in [0.2, 0.25) is 5.91 Å². The molecule has 0 aliphatic carbocycles. The van der Waals surface area contributed by atoms with Crippen LogP contribution in [0.4, 0.5) is 5.69 Å². The van der Waals surface area contributed by atoms with Crippen LogP contribution in [-0.4, -0.2) is 74.0 Å². The molecule has 0 atom stereocenters. The Morgan fingerprint density at radius 3 is 2.20 bits per heavy atom. The quantitative estimate of drug-likeness (QED) is 0.555. The van der Waals surface area contributed by atoms with Gasteiger partial charge in [0.15, 0.2) is 0 Å². The molecule has 6 heteroatoms. The zero-order valence-electron chi connectivity index (χ0n) is 21.6. The van der Waals surface area contributed by atoms with Gasteiger partial charge in [-0.15, -0.1) is 0 Å². The number of carbonyl (C=O) groups excluding carboxylic acids is 2. The Morgan fingerprint density at radius 2 is 1.54 bits per heavy atom. The molecular weight excluding hydrogens is 436 g/mol. The highest BCUT2D eigenvalue weighted by atomic mass is 16.2. The maximum atomic E-state index is 12.6. The van der Waals surface area contributed by atoms with Crippen molar-refractivity contribution in [3.05, 3.63) is 53.6 Å². The van der Waals surface area contributed by atoms with E-state index in [0.717, 1.165) is 68.9 Å². The number of hydrogen-bond donors (Lipinski definition) is 1. The van der Waals surface area contributed by atoms with Gasteiger partial charge in [0.25, 0.3) is 5.91 Å². The van der Waals surface area contributed by atoms with Gasteiger partial charge in [0.05, 0.1) is 0 Å². The lowest BCUT2D eigenvalue weighted by atomic mass is 10.0. The van der Waals surface area contributed by atoms with E-state index < -0.39 is 0 Å². The molecule has 0 spiro atoms. The van der Waals surface area contributed by atoms with Crippen molar-refractivity contribution in [1.82, 2.24) is 15.1 Å². The summed E-state index contributed by atoms with van der Waals surface area (Å²) in [5.74, 6) is 0.170. The van der Waals surface area contributed by atoms with Crippen LogP contribution in [0.2, 0.25) is 0 Å². The monoisotopic (exact) mass is 476 g/mol. The molecule has 0 aromatic heterocycles. The molecular formula is C29H40N4O2. The number of benzene rings is 2. The first-order valence-electron chi connectivity index (χ1n) is 13.2. The van der Waals surface area contributed by atoms with Gasteiger partial charge in [0, 0.05) is 56.4 Å². The van der Waals surface area contributed by atoms with E-state index >= 15 is 0 Å². The molecule has 6 nitrogen and oxygen atoms in total. The van der Waals surface area contributed by atoms with Crippen LogP contribution in [0.5, 0.6) is 0 Å². The van der Waals surface area contributed by atoms with Crippen molar-refractivity contribution in [3.8, 4) is 11.1 Å². The van der Waals surface area contributed by atoms with Crippen LogP contribution in [0.25, 0.3) is 11.1 Å². The normalized spacial score (nSPS) is 16.5. The van der Waals surface area contributed by atoms with Gasteiger partial charge < -0.3 is 20.0 Å². The van der Waals surface area contributed by atoms with Crippen molar-refractivity contribution in [2.75, 3.05) is 57.3 Å². The molecule has 0 radical (unpaired) electrons. The van der Waals surface area contributed by atoms with Gasteiger partial charge in [-0.2, -0.15) is 0 Å². The van der Waals surface area contributed by atoms with Gasteiger partial charge in [0.1, 0.15) is 0 Å². The zero-order chi connectivity index (χ0) is 24.8. The fourth-order valence-corrected chi connectivity index (χ4v) is 5.10. The molecule has 35 heavy (non-hydrogen) atoms. The number of piperazine rings is 1. The second-order valence-corrected chi connectivity index (χ2v) is 10.1. The lowest BCUT2D eigenvalue weighted by Crippen LogP contribution is -2.47. The van der Waals surface area contributed by atoms with Crippen LogP contribution in [0.3, 0.4) is 0 Å². The Balaban J connectivity index is 1.25. The van der Waals surface area contributed by atoms with E-state index in [0.29, 0.717) is 12.1 Å². The summed E-state index contributed by atoms with van der Waals surface area (Å²) in [6.45, 7) is 14.4. The molecule has 1 saturated heterocycles. The summed E-state index contributed by atoms with van der Waals surface area (Å²) in [6.07, 6.45) is 3.08. The Morgan fingerprint density at radius 1 is 0.886 bits per heavy atom. The molecule has 2 amide bonds. The van der Waals surface area contributed by atoms with E-state index in [1.807, 2.05) is 43.0 Å². The third-order valence-electron chi connectivity index (χ3n) is 7.16. The highest BCUT2D eigenvalue weighted by molar-refractivity contribution is 5.97. The third-order valence-corrected chi connectivity index (χ3v) is 7.16. The molecule has 1 fully saturated rings. The maximum Gasteiger partial charge on any atom is 0.251 e. The van der Waals surface area contributed by atoms with E-state index in [-0.39, 0.29) is 17.7 Å². The molecule has 2 aliphatic heterocycles.